The summed E-state index contributed by atoms with van der Waals surface area (Å²) in [5, 5.41) is 6.25. The van der Waals surface area contributed by atoms with Crippen molar-refractivity contribution in [1.82, 2.24) is 14.8 Å². The monoisotopic (exact) mass is 409 g/mol. The van der Waals surface area contributed by atoms with E-state index in [9.17, 15) is 14.4 Å². The summed E-state index contributed by atoms with van der Waals surface area (Å²) in [6.07, 6.45) is -0.374. The van der Waals surface area contributed by atoms with E-state index in [1.165, 1.54) is 11.3 Å². The molecule has 0 spiro atoms. The van der Waals surface area contributed by atoms with Gasteiger partial charge in [-0.3, -0.25) is 4.79 Å². The summed E-state index contributed by atoms with van der Waals surface area (Å²) in [6, 6.07) is 1.93. The van der Waals surface area contributed by atoms with Crippen LogP contribution in [0.1, 0.15) is 17.4 Å². The molecule has 1 fully saturated rings. The lowest BCUT2D eigenvalue weighted by Gasteiger charge is -2.33. The van der Waals surface area contributed by atoms with Crippen LogP contribution in [0.5, 0.6) is 0 Å². The number of nitrogens with zero attached hydrogens (tertiary/aromatic N) is 3. The van der Waals surface area contributed by atoms with E-state index >= 15 is 0 Å². The third kappa shape index (κ3) is 4.83. The molecule has 1 saturated heterocycles. The number of piperazine rings is 1. The number of esters is 1. The van der Waals surface area contributed by atoms with Gasteiger partial charge in [0.1, 0.15) is 5.01 Å². The second kappa shape index (κ2) is 8.96. The third-order valence-corrected chi connectivity index (χ3v) is 5.54. The van der Waals surface area contributed by atoms with Gasteiger partial charge in [0.25, 0.3) is 5.91 Å². The summed E-state index contributed by atoms with van der Waals surface area (Å²) < 4.78 is 10.0. The summed E-state index contributed by atoms with van der Waals surface area (Å²) in [5.74, 6) is -0.911. The zero-order chi connectivity index (χ0) is 19.2. The number of thiazole rings is 1. The summed E-state index contributed by atoms with van der Waals surface area (Å²) in [4.78, 5) is 43.4. The smallest absolute Gasteiger partial charge is 0.409 e. The second-order valence-electron chi connectivity index (χ2n) is 5.69. The molecule has 0 unspecified atom stereocenters. The lowest BCUT2D eigenvalue weighted by atomic mass is 10.3. The number of ether oxygens (including phenoxy) is 2. The van der Waals surface area contributed by atoms with Crippen LogP contribution in [-0.2, 0) is 14.3 Å². The summed E-state index contributed by atoms with van der Waals surface area (Å²) in [7, 11) is 0. The zero-order valence-electron chi connectivity index (χ0n) is 14.8. The van der Waals surface area contributed by atoms with Crippen molar-refractivity contribution in [2.75, 3.05) is 39.4 Å². The van der Waals surface area contributed by atoms with Crippen molar-refractivity contribution in [2.24, 2.45) is 0 Å². The van der Waals surface area contributed by atoms with Gasteiger partial charge in [-0.1, -0.05) is 0 Å². The van der Waals surface area contributed by atoms with Gasteiger partial charge in [0, 0.05) is 42.5 Å². The first-order valence-corrected chi connectivity index (χ1v) is 10.3. The van der Waals surface area contributed by atoms with E-state index in [2.05, 4.69) is 4.98 Å². The molecule has 2 aromatic heterocycles. The second-order valence-corrected chi connectivity index (χ2v) is 7.33. The quantitative estimate of drug-likeness (QED) is 0.704. The number of rotatable bonds is 5. The highest BCUT2D eigenvalue weighted by Gasteiger charge is 2.25. The maximum atomic E-state index is 12.2. The Morgan fingerprint density at radius 2 is 1.85 bits per heavy atom. The van der Waals surface area contributed by atoms with Crippen molar-refractivity contribution in [1.29, 1.82) is 0 Å². The molecule has 0 radical (unpaired) electrons. The molecule has 1 aliphatic rings. The van der Waals surface area contributed by atoms with E-state index in [4.69, 9.17) is 9.47 Å². The number of hydrogen-bond acceptors (Lipinski definition) is 8. The largest absolute Gasteiger partial charge is 0.451 e. The van der Waals surface area contributed by atoms with Crippen LogP contribution in [0.2, 0.25) is 0 Å². The van der Waals surface area contributed by atoms with Crippen molar-refractivity contribution in [3.8, 4) is 10.6 Å². The predicted octanol–water partition coefficient (Wildman–Crippen LogP) is 2.33. The Labute approximate surface area is 164 Å². The molecule has 2 amide bonds. The number of thiophene rings is 1. The van der Waals surface area contributed by atoms with Gasteiger partial charge in [0.05, 0.1) is 6.61 Å². The number of amides is 2. The Bertz CT molecular complexity index is 797. The molecule has 144 valence electrons. The summed E-state index contributed by atoms with van der Waals surface area (Å²) >= 11 is 2.91. The molecule has 0 bridgehead atoms. The van der Waals surface area contributed by atoms with Crippen LogP contribution in [0.25, 0.3) is 10.6 Å². The van der Waals surface area contributed by atoms with Crippen LogP contribution in [-0.4, -0.2) is 72.1 Å². The van der Waals surface area contributed by atoms with Gasteiger partial charge in [-0.05, 0) is 18.4 Å². The molecule has 0 saturated carbocycles. The predicted molar refractivity (Wildman–Crippen MR) is 101 cm³/mol. The maximum absolute atomic E-state index is 12.2. The molecule has 0 N–H and O–H groups in total. The molecule has 0 aliphatic carbocycles. The first-order chi connectivity index (χ1) is 13.1. The SMILES string of the molecule is CCOC(=O)N1CCN(C(=O)COC(=O)c2csc(-c3ccsc3)n2)CC1. The van der Waals surface area contributed by atoms with Gasteiger partial charge in [-0.25, -0.2) is 14.6 Å². The van der Waals surface area contributed by atoms with Crippen molar-refractivity contribution in [3.63, 3.8) is 0 Å². The fourth-order valence-electron chi connectivity index (χ4n) is 2.53. The van der Waals surface area contributed by atoms with E-state index in [1.54, 1.807) is 33.4 Å². The van der Waals surface area contributed by atoms with Crippen molar-refractivity contribution in [2.45, 2.75) is 6.92 Å². The average Bonchev–Trinajstić information content (AvgIpc) is 3.37. The summed E-state index contributed by atoms with van der Waals surface area (Å²) in [6.45, 7) is 3.28. The first-order valence-electron chi connectivity index (χ1n) is 8.43. The van der Waals surface area contributed by atoms with E-state index in [1.807, 2.05) is 16.8 Å². The fourth-order valence-corrected chi connectivity index (χ4v) is 4.03. The van der Waals surface area contributed by atoms with E-state index in [0.717, 1.165) is 10.6 Å². The highest BCUT2D eigenvalue weighted by molar-refractivity contribution is 7.14. The van der Waals surface area contributed by atoms with E-state index in [0.29, 0.717) is 32.8 Å². The maximum Gasteiger partial charge on any atom is 0.409 e. The first kappa shape index (κ1) is 19.3. The van der Waals surface area contributed by atoms with E-state index in [-0.39, 0.29) is 24.3 Å². The van der Waals surface area contributed by atoms with Crippen LogP contribution >= 0.6 is 22.7 Å². The molecular formula is C17H19N3O5S2. The zero-order valence-corrected chi connectivity index (χ0v) is 16.4. The minimum absolute atomic E-state index is 0.195. The van der Waals surface area contributed by atoms with Gasteiger partial charge >= 0.3 is 12.1 Å². The fraction of sp³-hybridized carbons (Fsp3) is 0.412. The third-order valence-electron chi connectivity index (χ3n) is 3.97. The Kier molecular flexibility index (Phi) is 6.40. The van der Waals surface area contributed by atoms with Gasteiger partial charge in [-0.15, -0.1) is 11.3 Å². The van der Waals surface area contributed by atoms with Gasteiger partial charge in [-0.2, -0.15) is 11.3 Å². The average molecular weight is 409 g/mol. The molecule has 3 rings (SSSR count). The van der Waals surface area contributed by atoms with Gasteiger partial charge in [0.2, 0.25) is 0 Å². The Balaban J connectivity index is 1.45. The van der Waals surface area contributed by atoms with Crippen LogP contribution < -0.4 is 0 Å². The molecule has 8 nitrogen and oxygen atoms in total. The Hall–Kier alpha value is -2.46. The lowest BCUT2D eigenvalue weighted by molar-refractivity contribution is -0.136. The topological polar surface area (TPSA) is 89.0 Å². The van der Waals surface area contributed by atoms with Gasteiger partial charge < -0.3 is 19.3 Å². The molecule has 1 aliphatic heterocycles. The standard InChI is InChI=1S/C17H19N3O5S2/c1-2-24-17(23)20-6-4-19(5-7-20)14(21)9-25-16(22)13-11-27-15(18-13)12-3-8-26-10-12/h3,8,10-11H,2,4-7,9H2,1H3. The van der Waals surface area contributed by atoms with Crippen molar-refractivity contribution < 1.29 is 23.9 Å². The lowest BCUT2D eigenvalue weighted by Crippen LogP contribution is -2.51. The molecular weight excluding hydrogens is 390 g/mol. The number of carbonyl (C=O) groups excluding carboxylic acids is 3. The van der Waals surface area contributed by atoms with Crippen molar-refractivity contribution in [3.05, 3.63) is 27.9 Å². The number of carbonyl (C=O) groups is 3. The highest BCUT2D eigenvalue weighted by Crippen LogP contribution is 2.25. The highest BCUT2D eigenvalue weighted by atomic mass is 32.1. The number of hydrogen-bond donors (Lipinski definition) is 0. The Morgan fingerprint density at radius 3 is 2.52 bits per heavy atom. The molecule has 27 heavy (non-hydrogen) atoms. The minimum Gasteiger partial charge on any atom is -0.451 e. The molecule has 0 aromatic carbocycles. The molecule has 2 aromatic rings. The number of aromatic nitrogens is 1. The van der Waals surface area contributed by atoms with Gasteiger partial charge in [0.15, 0.2) is 12.3 Å². The molecule has 10 heteroatoms. The minimum atomic E-state index is -0.619. The van der Waals surface area contributed by atoms with Crippen LogP contribution in [0.15, 0.2) is 22.2 Å². The van der Waals surface area contributed by atoms with Crippen LogP contribution in [0.4, 0.5) is 4.79 Å². The van der Waals surface area contributed by atoms with E-state index < -0.39 is 5.97 Å². The molecule has 0 atom stereocenters. The normalized spacial score (nSPS) is 14.1. The van der Waals surface area contributed by atoms with Crippen LogP contribution in [0.3, 0.4) is 0 Å². The molecule has 3 heterocycles. The van der Waals surface area contributed by atoms with Crippen LogP contribution in [0, 0.1) is 0 Å². The van der Waals surface area contributed by atoms with Crippen molar-refractivity contribution >= 4 is 40.6 Å². The summed E-state index contributed by atoms with van der Waals surface area (Å²) in [5.41, 5.74) is 1.15. The Morgan fingerprint density at radius 1 is 1.11 bits per heavy atom.